The molecule has 0 radical (unpaired) electrons. The van der Waals surface area contributed by atoms with E-state index in [1.807, 2.05) is 31.2 Å². The van der Waals surface area contributed by atoms with Gasteiger partial charge in [-0.25, -0.2) is 0 Å². The van der Waals surface area contributed by atoms with Crippen LogP contribution < -0.4 is 0 Å². The summed E-state index contributed by atoms with van der Waals surface area (Å²) in [5, 5.41) is 9.50. The normalized spacial score (nSPS) is 26.3. The van der Waals surface area contributed by atoms with E-state index in [-0.39, 0.29) is 0 Å². The summed E-state index contributed by atoms with van der Waals surface area (Å²) in [6.07, 6.45) is 4.89. The average Bonchev–Trinajstić information content (AvgIpc) is 2.85. The van der Waals surface area contributed by atoms with Gasteiger partial charge < -0.3 is 5.11 Å². The van der Waals surface area contributed by atoms with Crippen LogP contribution in [0.1, 0.15) is 60.9 Å². The summed E-state index contributed by atoms with van der Waals surface area (Å²) in [5.74, 6) is -0.343. The zero-order chi connectivity index (χ0) is 13.9. The third-order valence-electron chi connectivity index (χ3n) is 4.33. The van der Waals surface area contributed by atoms with Crippen molar-refractivity contribution in [3.05, 3.63) is 35.4 Å². The summed E-state index contributed by atoms with van der Waals surface area (Å²) in [6.45, 7) is 2.04. The highest BCUT2D eigenvalue weighted by molar-refractivity contribution is 5.76. The van der Waals surface area contributed by atoms with Crippen LogP contribution in [-0.4, -0.2) is 17.4 Å². The third kappa shape index (κ3) is 2.70. The Balaban J connectivity index is 2.15. The number of carboxylic acid groups (broad SMARTS) is 1. The number of carbonyl (C=O) groups excluding carboxylic acids is 1. The number of carboxylic acids is 1. The molecule has 0 spiro atoms. The van der Waals surface area contributed by atoms with Crippen molar-refractivity contribution in [1.29, 1.82) is 0 Å². The minimum absolute atomic E-state index is 0.309. The summed E-state index contributed by atoms with van der Waals surface area (Å²) in [5.41, 5.74) is 1.28. The van der Waals surface area contributed by atoms with Crippen LogP contribution in [0, 0.1) is 5.41 Å². The van der Waals surface area contributed by atoms with Gasteiger partial charge >= 0.3 is 5.97 Å². The molecule has 1 aromatic carbocycles. The van der Waals surface area contributed by atoms with Gasteiger partial charge in [0.15, 0.2) is 0 Å². The zero-order valence-electron chi connectivity index (χ0n) is 11.3. The van der Waals surface area contributed by atoms with Gasteiger partial charge in [0.25, 0.3) is 0 Å². The molecule has 0 amide bonds. The van der Waals surface area contributed by atoms with Crippen molar-refractivity contribution in [3.8, 4) is 0 Å². The highest BCUT2D eigenvalue weighted by Gasteiger charge is 2.44. The first-order valence-electron chi connectivity index (χ1n) is 6.90. The van der Waals surface area contributed by atoms with E-state index < -0.39 is 11.4 Å². The molecule has 0 aliphatic heterocycles. The largest absolute Gasteiger partial charge is 0.481 e. The monoisotopic (exact) mass is 260 g/mol. The SMILES string of the molecule is CCC[C@]1(C(=O)O)CCC(c2ccc(C=O)cc2)C1. The lowest BCUT2D eigenvalue weighted by molar-refractivity contribution is -0.149. The minimum Gasteiger partial charge on any atom is -0.481 e. The maximum atomic E-state index is 11.5. The molecule has 0 heterocycles. The number of aliphatic carboxylic acids is 1. The zero-order valence-corrected chi connectivity index (χ0v) is 11.3. The lowest BCUT2D eigenvalue weighted by Crippen LogP contribution is -2.27. The number of aldehydes is 1. The fourth-order valence-electron chi connectivity index (χ4n) is 3.26. The number of rotatable bonds is 5. The standard InChI is InChI=1S/C16H20O3/c1-2-8-16(15(18)19)9-7-14(10-16)13-5-3-12(11-17)4-6-13/h3-6,11,14H,2,7-10H2,1H3,(H,18,19)/t14?,16-/m0/s1. The van der Waals surface area contributed by atoms with Crippen LogP contribution in [0.5, 0.6) is 0 Å². The van der Waals surface area contributed by atoms with Crippen molar-refractivity contribution < 1.29 is 14.7 Å². The van der Waals surface area contributed by atoms with Crippen molar-refractivity contribution >= 4 is 12.3 Å². The van der Waals surface area contributed by atoms with Gasteiger partial charge in [-0.3, -0.25) is 9.59 Å². The summed E-state index contributed by atoms with van der Waals surface area (Å²) >= 11 is 0. The maximum Gasteiger partial charge on any atom is 0.309 e. The van der Waals surface area contributed by atoms with Crippen LogP contribution >= 0.6 is 0 Å². The third-order valence-corrected chi connectivity index (χ3v) is 4.33. The second-order valence-corrected chi connectivity index (χ2v) is 5.56. The molecule has 2 atom stereocenters. The summed E-state index contributed by atoms with van der Waals surface area (Å²) < 4.78 is 0. The van der Waals surface area contributed by atoms with E-state index >= 15 is 0 Å². The molecule has 1 aromatic rings. The molecule has 1 aliphatic rings. The number of benzene rings is 1. The van der Waals surface area contributed by atoms with Crippen LogP contribution in [0.15, 0.2) is 24.3 Å². The van der Waals surface area contributed by atoms with Gasteiger partial charge in [0.05, 0.1) is 5.41 Å². The molecule has 0 aromatic heterocycles. The Morgan fingerprint density at radius 1 is 1.42 bits per heavy atom. The Labute approximate surface area is 113 Å². The van der Waals surface area contributed by atoms with E-state index in [2.05, 4.69) is 0 Å². The Morgan fingerprint density at radius 2 is 2.11 bits per heavy atom. The van der Waals surface area contributed by atoms with Crippen LogP contribution in [0.2, 0.25) is 0 Å². The predicted octanol–water partition coefficient (Wildman–Crippen LogP) is 3.64. The molecule has 19 heavy (non-hydrogen) atoms. The highest BCUT2D eigenvalue weighted by Crippen LogP contribution is 2.49. The van der Waals surface area contributed by atoms with E-state index in [0.29, 0.717) is 11.5 Å². The number of carbonyl (C=O) groups is 2. The Morgan fingerprint density at radius 3 is 2.63 bits per heavy atom. The Kier molecular flexibility index (Phi) is 4.03. The van der Waals surface area contributed by atoms with Crippen LogP contribution in [0.4, 0.5) is 0 Å². The summed E-state index contributed by atoms with van der Waals surface area (Å²) in [7, 11) is 0. The van der Waals surface area contributed by atoms with Crippen LogP contribution in [-0.2, 0) is 4.79 Å². The van der Waals surface area contributed by atoms with Gasteiger partial charge in [-0.1, -0.05) is 37.6 Å². The van der Waals surface area contributed by atoms with Gasteiger partial charge in [0, 0.05) is 5.56 Å². The summed E-state index contributed by atoms with van der Waals surface area (Å²) in [4.78, 5) is 22.2. The molecule has 1 saturated carbocycles. The number of hydrogen-bond acceptors (Lipinski definition) is 2. The second kappa shape index (κ2) is 5.55. The molecule has 0 saturated heterocycles. The minimum atomic E-state index is -0.652. The van der Waals surface area contributed by atoms with E-state index in [1.54, 1.807) is 0 Å². The van der Waals surface area contributed by atoms with Gasteiger partial charge in [-0.15, -0.1) is 0 Å². The van der Waals surface area contributed by atoms with E-state index in [1.165, 1.54) is 0 Å². The van der Waals surface area contributed by atoms with Crippen molar-refractivity contribution in [1.82, 2.24) is 0 Å². The lowest BCUT2D eigenvalue weighted by Gasteiger charge is -2.23. The smallest absolute Gasteiger partial charge is 0.309 e. The van der Waals surface area contributed by atoms with Gasteiger partial charge in [-0.05, 0) is 37.2 Å². The highest BCUT2D eigenvalue weighted by atomic mass is 16.4. The van der Waals surface area contributed by atoms with Crippen molar-refractivity contribution in [3.63, 3.8) is 0 Å². The molecule has 1 unspecified atom stereocenters. The lowest BCUT2D eigenvalue weighted by atomic mass is 9.80. The molecule has 1 fully saturated rings. The van der Waals surface area contributed by atoms with E-state index in [4.69, 9.17) is 0 Å². The fourth-order valence-corrected chi connectivity index (χ4v) is 3.26. The molecule has 1 N–H and O–H groups in total. The van der Waals surface area contributed by atoms with Crippen LogP contribution in [0.3, 0.4) is 0 Å². The fraction of sp³-hybridized carbons (Fsp3) is 0.500. The Bertz CT molecular complexity index is 463. The molecule has 102 valence electrons. The maximum absolute atomic E-state index is 11.5. The van der Waals surface area contributed by atoms with Crippen molar-refractivity contribution in [2.24, 2.45) is 5.41 Å². The predicted molar refractivity (Wildman–Crippen MR) is 73.4 cm³/mol. The second-order valence-electron chi connectivity index (χ2n) is 5.56. The number of hydrogen-bond donors (Lipinski definition) is 1. The molecular weight excluding hydrogens is 240 g/mol. The quantitative estimate of drug-likeness (QED) is 0.822. The van der Waals surface area contributed by atoms with E-state index in [0.717, 1.165) is 44.0 Å². The van der Waals surface area contributed by atoms with Gasteiger partial charge in [0.1, 0.15) is 6.29 Å². The van der Waals surface area contributed by atoms with Crippen molar-refractivity contribution in [2.75, 3.05) is 0 Å². The Hall–Kier alpha value is -1.64. The first-order chi connectivity index (χ1) is 9.11. The first-order valence-corrected chi connectivity index (χ1v) is 6.90. The molecular formula is C16H20O3. The average molecular weight is 260 g/mol. The molecule has 3 nitrogen and oxygen atoms in total. The summed E-state index contributed by atoms with van der Waals surface area (Å²) in [6, 6.07) is 7.53. The first kappa shape index (κ1) is 13.8. The van der Waals surface area contributed by atoms with Crippen LogP contribution in [0.25, 0.3) is 0 Å². The molecule has 3 heteroatoms. The molecule has 1 aliphatic carbocycles. The van der Waals surface area contributed by atoms with Gasteiger partial charge in [0.2, 0.25) is 0 Å². The van der Waals surface area contributed by atoms with Crippen molar-refractivity contribution in [2.45, 2.75) is 44.9 Å². The molecule has 2 rings (SSSR count). The van der Waals surface area contributed by atoms with E-state index in [9.17, 15) is 14.7 Å². The topological polar surface area (TPSA) is 54.4 Å². The molecule has 0 bridgehead atoms. The van der Waals surface area contributed by atoms with Gasteiger partial charge in [-0.2, -0.15) is 0 Å².